The summed E-state index contributed by atoms with van der Waals surface area (Å²) in [6, 6.07) is 5.75. The first-order chi connectivity index (χ1) is 12.8. The second-order valence-electron chi connectivity index (χ2n) is 5.68. The molecule has 0 fully saturated rings. The van der Waals surface area contributed by atoms with Crippen LogP contribution in [0.3, 0.4) is 0 Å². The van der Waals surface area contributed by atoms with Crippen LogP contribution in [0.15, 0.2) is 36.9 Å². The van der Waals surface area contributed by atoms with Gasteiger partial charge in [-0.2, -0.15) is 0 Å². The van der Waals surface area contributed by atoms with Gasteiger partial charge in [0, 0.05) is 37.3 Å². The van der Waals surface area contributed by atoms with E-state index in [4.69, 9.17) is 14.6 Å². The third-order valence-corrected chi connectivity index (χ3v) is 3.88. The van der Waals surface area contributed by atoms with Crippen LogP contribution in [0.1, 0.15) is 5.82 Å². The lowest BCUT2D eigenvalue weighted by Crippen LogP contribution is -2.14. The summed E-state index contributed by atoms with van der Waals surface area (Å²) in [6.07, 6.45) is 6.16. The van der Waals surface area contributed by atoms with Crippen molar-refractivity contribution in [3.05, 3.63) is 42.7 Å². The third kappa shape index (κ3) is 4.68. The molecule has 2 heterocycles. The number of nitrogens with one attached hydrogen (secondary N) is 1. The van der Waals surface area contributed by atoms with Crippen LogP contribution >= 0.6 is 0 Å². The monoisotopic (exact) mass is 357 g/mol. The second kappa shape index (κ2) is 9.12. The number of nitrogens with zero attached hydrogens (tertiary/aromatic N) is 4. The number of aryl methyl sites for hydroxylation is 2. The van der Waals surface area contributed by atoms with E-state index >= 15 is 0 Å². The molecule has 0 amide bonds. The molecule has 3 aromatic rings. The van der Waals surface area contributed by atoms with Gasteiger partial charge in [-0.05, 0) is 18.2 Å². The average molecular weight is 357 g/mol. The first-order valence-corrected chi connectivity index (χ1v) is 8.53. The number of aliphatic hydroxyl groups is 1. The van der Waals surface area contributed by atoms with Crippen LogP contribution in [0.5, 0.6) is 5.75 Å². The number of methoxy groups -OCH3 is 1. The van der Waals surface area contributed by atoms with Gasteiger partial charge in [-0.3, -0.25) is 0 Å². The number of fused-ring (bicyclic) bond motifs is 1. The molecule has 8 heteroatoms. The smallest absolute Gasteiger partial charge is 0.137 e. The summed E-state index contributed by atoms with van der Waals surface area (Å²) < 4.78 is 12.6. The normalized spacial score (nSPS) is 11.0. The fourth-order valence-electron chi connectivity index (χ4n) is 2.59. The van der Waals surface area contributed by atoms with E-state index in [-0.39, 0.29) is 6.61 Å². The molecule has 0 spiro atoms. The minimum atomic E-state index is 0.0199. The SMILES string of the molecule is COc1ccc2nc(CCn3ccnc3)nc(NCCOCCO)c2c1. The molecule has 8 nitrogen and oxygen atoms in total. The lowest BCUT2D eigenvalue weighted by molar-refractivity contribution is 0.0992. The number of ether oxygens (including phenoxy) is 2. The molecule has 0 unspecified atom stereocenters. The average Bonchev–Trinajstić information content (AvgIpc) is 3.19. The highest BCUT2D eigenvalue weighted by Crippen LogP contribution is 2.25. The van der Waals surface area contributed by atoms with Gasteiger partial charge in [0.2, 0.25) is 0 Å². The van der Waals surface area contributed by atoms with Gasteiger partial charge in [0.15, 0.2) is 0 Å². The Hall–Kier alpha value is -2.71. The summed E-state index contributed by atoms with van der Waals surface area (Å²) in [7, 11) is 1.64. The van der Waals surface area contributed by atoms with Crippen LogP contribution < -0.4 is 10.1 Å². The van der Waals surface area contributed by atoms with E-state index in [0.717, 1.165) is 34.8 Å². The van der Waals surface area contributed by atoms with Gasteiger partial charge < -0.3 is 24.5 Å². The number of aliphatic hydroxyl groups excluding tert-OH is 1. The minimum absolute atomic E-state index is 0.0199. The topological polar surface area (TPSA) is 94.3 Å². The fraction of sp³-hybridized carbons (Fsp3) is 0.389. The molecule has 0 atom stereocenters. The molecule has 3 rings (SSSR count). The van der Waals surface area contributed by atoms with Crippen molar-refractivity contribution in [1.29, 1.82) is 0 Å². The van der Waals surface area contributed by atoms with Crippen LogP contribution in [0, 0.1) is 0 Å². The predicted octanol–water partition coefficient (Wildman–Crippen LogP) is 1.50. The van der Waals surface area contributed by atoms with E-state index in [2.05, 4.69) is 20.3 Å². The van der Waals surface area contributed by atoms with Crippen molar-refractivity contribution in [3.8, 4) is 5.75 Å². The van der Waals surface area contributed by atoms with Gasteiger partial charge in [0.05, 0.1) is 38.8 Å². The zero-order chi connectivity index (χ0) is 18.2. The zero-order valence-corrected chi connectivity index (χ0v) is 14.8. The molecule has 1 aromatic carbocycles. The van der Waals surface area contributed by atoms with Crippen LogP contribution in [0.25, 0.3) is 10.9 Å². The minimum Gasteiger partial charge on any atom is -0.497 e. The van der Waals surface area contributed by atoms with Crippen LogP contribution in [-0.4, -0.2) is 58.1 Å². The maximum Gasteiger partial charge on any atom is 0.137 e. The first-order valence-electron chi connectivity index (χ1n) is 8.53. The maximum absolute atomic E-state index is 8.77. The number of rotatable bonds is 10. The van der Waals surface area contributed by atoms with Crippen molar-refractivity contribution in [2.45, 2.75) is 13.0 Å². The van der Waals surface area contributed by atoms with Crippen molar-refractivity contribution in [1.82, 2.24) is 19.5 Å². The number of hydrogen-bond acceptors (Lipinski definition) is 7. The van der Waals surface area contributed by atoms with Gasteiger partial charge >= 0.3 is 0 Å². The van der Waals surface area contributed by atoms with Crippen molar-refractivity contribution in [2.75, 3.05) is 38.8 Å². The number of aromatic nitrogens is 4. The van der Waals surface area contributed by atoms with Crippen molar-refractivity contribution < 1.29 is 14.6 Å². The Morgan fingerprint density at radius 1 is 1.23 bits per heavy atom. The van der Waals surface area contributed by atoms with Crippen molar-refractivity contribution >= 4 is 16.7 Å². The Morgan fingerprint density at radius 3 is 2.92 bits per heavy atom. The molecule has 0 saturated heterocycles. The molecule has 0 aliphatic heterocycles. The lowest BCUT2D eigenvalue weighted by atomic mass is 10.2. The second-order valence-corrected chi connectivity index (χ2v) is 5.68. The molecule has 26 heavy (non-hydrogen) atoms. The van der Waals surface area contributed by atoms with Crippen LogP contribution in [-0.2, 0) is 17.7 Å². The van der Waals surface area contributed by atoms with E-state index in [1.54, 1.807) is 19.6 Å². The van der Waals surface area contributed by atoms with E-state index in [0.29, 0.717) is 26.2 Å². The van der Waals surface area contributed by atoms with Gasteiger partial charge in [-0.1, -0.05) is 0 Å². The molecule has 2 aromatic heterocycles. The Labute approximate surface area is 151 Å². The number of anilines is 1. The first kappa shape index (κ1) is 18.1. The lowest BCUT2D eigenvalue weighted by Gasteiger charge is -2.12. The maximum atomic E-state index is 8.77. The van der Waals surface area contributed by atoms with Gasteiger partial charge in [0.1, 0.15) is 17.4 Å². The van der Waals surface area contributed by atoms with Crippen molar-refractivity contribution in [2.24, 2.45) is 0 Å². The largest absolute Gasteiger partial charge is 0.497 e. The molecule has 0 aliphatic carbocycles. The molecule has 0 bridgehead atoms. The summed E-state index contributed by atoms with van der Waals surface area (Å²) in [5.41, 5.74) is 0.861. The number of hydrogen-bond donors (Lipinski definition) is 2. The third-order valence-electron chi connectivity index (χ3n) is 3.88. The predicted molar refractivity (Wildman–Crippen MR) is 98.4 cm³/mol. The molecule has 2 N–H and O–H groups in total. The molecule has 0 aliphatic rings. The zero-order valence-electron chi connectivity index (χ0n) is 14.8. The van der Waals surface area contributed by atoms with E-state index in [9.17, 15) is 0 Å². The summed E-state index contributed by atoms with van der Waals surface area (Å²) in [6.45, 7) is 2.19. The Morgan fingerprint density at radius 2 is 2.15 bits per heavy atom. The number of benzene rings is 1. The van der Waals surface area contributed by atoms with Gasteiger partial charge in [-0.25, -0.2) is 15.0 Å². The number of imidazole rings is 1. The summed E-state index contributed by atoms with van der Waals surface area (Å²) in [5, 5.41) is 13.0. The van der Waals surface area contributed by atoms with E-state index in [1.165, 1.54) is 0 Å². The Balaban J connectivity index is 1.79. The summed E-state index contributed by atoms with van der Waals surface area (Å²) in [4.78, 5) is 13.4. The van der Waals surface area contributed by atoms with Crippen LogP contribution in [0.4, 0.5) is 5.82 Å². The standard InChI is InChI=1S/C18H23N5O3/c1-25-14-2-3-16-15(12-14)18(20-6-10-26-11-9-24)22-17(21-16)4-7-23-8-5-19-13-23/h2-3,5,8,12-13,24H,4,6-7,9-11H2,1H3,(H,20,21,22). The van der Waals surface area contributed by atoms with E-state index < -0.39 is 0 Å². The highest BCUT2D eigenvalue weighted by molar-refractivity contribution is 5.90. The molecule has 138 valence electrons. The quantitative estimate of drug-likeness (QED) is 0.531. The summed E-state index contributed by atoms with van der Waals surface area (Å²) >= 11 is 0. The highest BCUT2D eigenvalue weighted by Gasteiger charge is 2.09. The molecule has 0 radical (unpaired) electrons. The Bertz CT molecular complexity index is 823. The van der Waals surface area contributed by atoms with Crippen LogP contribution in [0.2, 0.25) is 0 Å². The molecular weight excluding hydrogens is 334 g/mol. The molecular formula is C18H23N5O3. The summed E-state index contributed by atoms with van der Waals surface area (Å²) in [5.74, 6) is 2.27. The van der Waals surface area contributed by atoms with Gasteiger partial charge in [0.25, 0.3) is 0 Å². The van der Waals surface area contributed by atoms with E-state index in [1.807, 2.05) is 29.0 Å². The highest BCUT2D eigenvalue weighted by atomic mass is 16.5. The molecule has 0 saturated carbocycles. The fourth-order valence-corrected chi connectivity index (χ4v) is 2.59. The van der Waals surface area contributed by atoms with Gasteiger partial charge in [-0.15, -0.1) is 0 Å². The van der Waals surface area contributed by atoms with Crippen molar-refractivity contribution in [3.63, 3.8) is 0 Å². The Kier molecular flexibility index (Phi) is 6.34.